The molecule has 0 amide bonds. The summed E-state index contributed by atoms with van der Waals surface area (Å²) < 4.78 is 28.2. The highest BCUT2D eigenvalue weighted by molar-refractivity contribution is 7.90. The third-order valence-electron chi connectivity index (χ3n) is 1.96. The maximum atomic E-state index is 11.0. The normalized spacial score (nSPS) is 11.6. The van der Waals surface area contributed by atoms with Gasteiger partial charge in [-0.25, -0.2) is 13.1 Å². The van der Waals surface area contributed by atoms with Crippen LogP contribution in [-0.2, 0) is 21.1 Å². The van der Waals surface area contributed by atoms with E-state index in [1.165, 1.54) is 4.68 Å². The van der Waals surface area contributed by atoms with Crippen molar-refractivity contribution in [2.24, 2.45) is 0 Å². The van der Waals surface area contributed by atoms with Crippen LogP contribution in [0, 0.1) is 0 Å². The van der Waals surface area contributed by atoms with Crippen molar-refractivity contribution >= 4 is 21.7 Å². The van der Waals surface area contributed by atoms with Crippen molar-refractivity contribution in [2.75, 3.05) is 43.3 Å². The lowest BCUT2D eigenvalue weighted by molar-refractivity contribution is 0.210. The predicted molar refractivity (Wildman–Crippen MR) is 64.5 cm³/mol. The number of anilines is 2. The van der Waals surface area contributed by atoms with Gasteiger partial charge in [-0.05, 0) is 0 Å². The van der Waals surface area contributed by atoms with Gasteiger partial charge in [0.05, 0.1) is 18.9 Å². The lowest BCUT2D eigenvalue weighted by atomic mass is 10.7. The monoisotopic (exact) mass is 263 g/mol. The second-order valence-electron chi connectivity index (χ2n) is 3.57. The highest BCUT2D eigenvalue weighted by Gasteiger charge is 2.09. The van der Waals surface area contributed by atoms with Gasteiger partial charge in [-0.15, -0.1) is 5.10 Å². The van der Waals surface area contributed by atoms with E-state index in [9.17, 15) is 8.42 Å². The summed E-state index contributed by atoms with van der Waals surface area (Å²) in [7, 11) is -1.44. The van der Waals surface area contributed by atoms with Crippen molar-refractivity contribution in [1.29, 1.82) is 0 Å². The van der Waals surface area contributed by atoms with Gasteiger partial charge in [0, 0.05) is 19.9 Å². The molecule has 0 radical (unpaired) electrons. The van der Waals surface area contributed by atoms with E-state index in [-0.39, 0.29) is 18.2 Å². The number of aryl methyl sites for hydroxylation is 1. The van der Waals surface area contributed by atoms with Crippen molar-refractivity contribution in [3.05, 3.63) is 0 Å². The van der Waals surface area contributed by atoms with Crippen molar-refractivity contribution in [3.8, 4) is 0 Å². The van der Waals surface area contributed by atoms with Crippen LogP contribution in [0.1, 0.15) is 0 Å². The van der Waals surface area contributed by atoms with Gasteiger partial charge in [-0.2, -0.15) is 4.98 Å². The van der Waals surface area contributed by atoms with Gasteiger partial charge < -0.3 is 15.8 Å². The van der Waals surface area contributed by atoms with Crippen LogP contribution in [0.3, 0.4) is 0 Å². The van der Waals surface area contributed by atoms with Crippen LogP contribution in [0.15, 0.2) is 0 Å². The molecule has 3 N–H and O–H groups in total. The van der Waals surface area contributed by atoms with Crippen molar-refractivity contribution < 1.29 is 13.2 Å². The summed E-state index contributed by atoms with van der Waals surface area (Å²) in [6.07, 6.45) is 1.16. The van der Waals surface area contributed by atoms with Crippen LogP contribution in [0.5, 0.6) is 0 Å². The third-order valence-corrected chi connectivity index (χ3v) is 2.89. The van der Waals surface area contributed by atoms with Crippen LogP contribution in [0.25, 0.3) is 0 Å². The predicted octanol–water partition coefficient (Wildman–Crippen LogP) is -1.04. The Labute approximate surface area is 100 Å². The van der Waals surface area contributed by atoms with E-state index in [4.69, 9.17) is 10.5 Å². The van der Waals surface area contributed by atoms with Crippen molar-refractivity contribution in [2.45, 2.75) is 6.54 Å². The molecule has 0 aliphatic carbocycles. The fraction of sp³-hybridized carbons (Fsp3) is 0.750. The van der Waals surface area contributed by atoms with Crippen LogP contribution in [0.2, 0.25) is 0 Å². The van der Waals surface area contributed by atoms with Crippen molar-refractivity contribution in [1.82, 2.24) is 14.8 Å². The van der Waals surface area contributed by atoms with E-state index in [1.54, 1.807) is 7.11 Å². The summed E-state index contributed by atoms with van der Waals surface area (Å²) in [6, 6.07) is 0. The Morgan fingerprint density at radius 1 is 1.53 bits per heavy atom. The largest absolute Gasteiger partial charge is 0.383 e. The minimum absolute atomic E-state index is 0.0158. The molecule has 1 aromatic rings. The van der Waals surface area contributed by atoms with Gasteiger partial charge >= 0.3 is 0 Å². The number of ether oxygens (including phenoxy) is 1. The molecular weight excluding hydrogens is 246 g/mol. The Hall–Kier alpha value is -1.35. The number of nitrogen functional groups attached to an aromatic ring is 1. The first-order chi connectivity index (χ1) is 7.92. The summed E-state index contributed by atoms with van der Waals surface area (Å²) in [6.45, 7) is 1.29. The molecule has 1 rings (SSSR count). The minimum atomic E-state index is -3.04. The Balaban J connectivity index is 2.56. The highest BCUT2D eigenvalue weighted by atomic mass is 32.2. The first kappa shape index (κ1) is 13.7. The van der Waals surface area contributed by atoms with E-state index < -0.39 is 9.84 Å². The molecule has 17 heavy (non-hydrogen) atoms. The molecule has 8 nitrogen and oxygen atoms in total. The van der Waals surface area contributed by atoms with E-state index in [2.05, 4.69) is 15.4 Å². The maximum absolute atomic E-state index is 11.0. The second kappa shape index (κ2) is 5.82. The Kier molecular flexibility index (Phi) is 4.70. The van der Waals surface area contributed by atoms with E-state index in [0.717, 1.165) is 6.26 Å². The fourth-order valence-electron chi connectivity index (χ4n) is 1.11. The molecule has 0 spiro atoms. The zero-order valence-corrected chi connectivity index (χ0v) is 10.7. The van der Waals surface area contributed by atoms with Gasteiger partial charge in [0.1, 0.15) is 9.84 Å². The Morgan fingerprint density at radius 3 is 2.82 bits per heavy atom. The standard InChI is InChI=1S/C8H17N5O3S/c1-16-5-3-10-8-11-7(9)13(12-8)4-6-17(2,14)15/h3-6H2,1-2H3,(H3,9,10,11,12). The molecule has 9 heteroatoms. The zero-order chi connectivity index (χ0) is 12.9. The van der Waals surface area contributed by atoms with Crippen LogP contribution in [0.4, 0.5) is 11.9 Å². The molecule has 0 aliphatic heterocycles. The topological polar surface area (TPSA) is 112 Å². The molecule has 1 heterocycles. The van der Waals surface area contributed by atoms with Gasteiger partial charge in [0.25, 0.3) is 0 Å². The molecular formula is C8H17N5O3S. The smallest absolute Gasteiger partial charge is 0.244 e. The number of rotatable bonds is 7. The minimum Gasteiger partial charge on any atom is -0.383 e. The van der Waals surface area contributed by atoms with E-state index in [0.29, 0.717) is 19.1 Å². The third kappa shape index (κ3) is 5.00. The first-order valence-corrected chi connectivity index (χ1v) is 7.09. The van der Waals surface area contributed by atoms with Gasteiger partial charge in [0.15, 0.2) is 0 Å². The second-order valence-corrected chi connectivity index (χ2v) is 5.83. The fourth-order valence-corrected chi connectivity index (χ4v) is 1.62. The quantitative estimate of drug-likeness (QED) is 0.604. The zero-order valence-electron chi connectivity index (χ0n) is 9.88. The molecule has 0 saturated heterocycles. The SMILES string of the molecule is COCCNc1nc(N)n(CCS(C)(=O)=O)n1. The van der Waals surface area contributed by atoms with Crippen LogP contribution in [-0.4, -0.2) is 55.5 Å². The number of nitrogens with one attached hydrogen (secondary N) is 1. The molecule has 0 atom stereocenters. The lowest BCUT2D eigenvalue weighted by Crippen LogP contribution is -2.14. The molecule has 98 valence electrons. The average molecular weight is 263 g/mol. The van der Waals surface area contributed by atoms with E-state index in [1.807, 2.05) is 0 Å². The molecule has 0 bridgehead atoms. The summed E-state index contributed by atoms with van der Waals surface area (Å²) in [5.74, 6) is 0.541. The van der Waals surface area contributed by atoms with Gasteiger partial charge in [-0.3, -0.25) is 0 Å². The van der Waals surface area contributed by atoms with Crippen LogP contribution < -0.4 is 11.1 Å². The molecule has 0 aliphatic rings. The average Bonchev–Trinajstić information content (AvgIpc) is 2.56. The number of aromatic nitrogens is 3. The number of hydrogen-bond donors (Lipinski definition) is 2. The molecule has 0 unspecified atom stereocenters. The van der Waals surface area contributed by atoms with E-state index >= 15 is 0 Å². The van der Waals surface area contributed by atoms with Gasteiger partial charge in [-0.1, -0.05) is 0 Å². The molecule has 0 fully saturated rings. The summed E-state index contributed by atoms with van der Waals surface area (Å²) in [5, 5.41) is 6.94. The Bertz CT molecular complexity index is 456. The lowest BCUT2D eigenvalue weighted by Gasteiger charge is -2.01. The highest BCUT2D eigenvalue weighted by Crippen LogP contribution is 2.05. The van der Waals surface area contributed by atoms with Crippen molar-refractivity contribution in [3.63, 3.8) is 0 Å². The number of nitrogens with zero attached hydrogens (tertiary/aromatic N) is 3. The number of nitrogens with two attached hydrogens (primary N) is 1. The maximum Gasteiger partial charge on any atom is 0.244 e. The summed E-state index contributed by atoms with van der Waals surface area (Å²) in [4.78, 5) is 3.95. The Morgan fingerprint density at radius 2 is 2.24 bits per heavy atom. The summed E-state index contributed by atoms with van der Waals surface area (Å²) >= 11 is 0. The molecule has 0 saturated carbocycles. The van der Waals surface area contributed by atoms with Gasteiger partial charge in [0.2, 0.25) is 11.9 Å². The number of methoxy groups -OCH3 is 1. The molecule has 0 aromatic carbocycles. The molecule has 1 aromatic heterocycles. The number of hydrogen-bond acceptors (Lipinski definition) is 7. The number of sulfone groups is 1. The van der Waals surface area contributed by atoms with Crippen LogP contribution >= 0.6 is 0 Å². The summed E-state index contributed by atoms with van der Waals surface area (Å²) in [5.41, 5.74) is 5.60. The first-order valence-electron chi connectivity index (χ1n) is 5.03.